The van der Waals surface area contributed by atoms with E-state index < -0.39 is 55.7 Å². The largest absolute Gasteiger partial charge is 0.543 e. The number of carbonyl (C=O) groups is 1. The minimum absolute atomic E-state index is 0.0171. The minimum Gasteiger partial charge on any atom is -0.543 e. The number of aliphatic hydroxyl groups is 2. The van der Waals surface area contributed by atoms with Crippen LogP contribution in [0.15, 0.2) is 30.4 Å². The first-order chi connectivity index (χ1) is 16.8. The van der Waals surface area contributed by atoms with Crippen molar-refractivity contribution >= 4 is 20.1 Å². The third kappa shape index (κ3) is 3.09. The molecule has 7 atom stereocenters. The standard InChI is InChI=1S/C28H33NO6Si/c1-17-23(30)24(31)19-12-10-8-9-11-13-22-27(17)28(19,35-27)20-16-18(34-36(6,7)26(2,3)4)14-15-21(20)29(22)25(32)33-5/h8-9,14-17,19,22-24,30-31H,1-7H3/b9-8-/t17-,19-,22-,23-,24+,27-,28+/m0/s1. The normalized spacial score (nSPS) is 36.6. The second-order valence-corrected chi connectivity index (χ2v) is 16.3. The molecule has 1 aromatic rings. The number of methoxy groups -OCH3 is 1. The van der Waals surface area contributed by atoms with Crippen molar-refractivity contribution in [2.75, 3.05) is 12.0 Å². The first kappa shape index (κ1) is 24.9. The molecule has 2 N–H and O–H groups in total. The van der Waals surface area contributed by atoms with Gasteiger partial charge in [0.25, 0.3) is 0 Å². The summed E-state index contributed by atoms with van der Waals surface area (Å²) < 4.78 is 18.5. The number of fused-ring (bicyclic) bond motifs is 1. The summed E-state index contributed by atoms with van der Waals surface area (Å²) in [4.78, 5) is 14.7. The van der Waals surface area contributed by atoms with Crippen molar-refractivity contribution in [2.24, 2.45) is 11.8 Å². The molecule has 8 heteroatoms. The molecule has 2 aliphatic carbocycles. The molecule has 1 amide bonds. The Morgan fingerprint density at radius 3 is 2.44 bits per heavy atom. The van der Waals surface area contributed by atoms with Crippen LogP contribution in [-0.2, 0) is 15.1 Å². The maximum absolute atomic E-state index is 13.2. The highest BCUT2D eigenvalue weighted by atomic mass is 28.4. The predicted octanol–water partition coefficient (Wildman–Crippen LogP) is 3.55. The Labute approximate surface area is 213 Å². The second kappa shape index (κ2) is 7.87. The Morgan fingerprint density at radius 1 is 1.14 bits per heavy atom. The molecular weight excluding hydrogens is 474 g/mol. The Morgan fingerprint density at radius 2 is 1.81 bits per heavy atom. The zero-order chi connectivity index (χ0) is 26.3. The molecule has 190 valence electrons. The molecule has 0 spiro atoms. The fourth-order valence-electron chi connectivity index (χ4n) is 5.78. The maximum Gasteiger partial charge on any atom is 0.415 e. The van der Waals surface area contributed by atoms with Crippen LogP contribution in [-0.4, -0.2) is 55.6 Å². The molecule has 1 saturated carbocycles. The fraction of sp³-hybridized carbons (Fsp3) is 0.536. The van der Waals surface area contributed by atoms with E-state index in [1.165, 1.54) is 12.0 Å². The number of allylic oxidation sites excluding steroid dienone is 2. The number of carbonyl (C=O) groups excluding carboxylic acids is 1. The van der Waals surface area contributed by atoms with Crippen LogP contribution < -0.4 is 9.33 Å². The lowest BCUT2D eigenvalue weighted by Crippen LogP contribution is -2.65. The number of benzene rings is 1. The number of nitrogens with zero attached hydrogens (tertiary/aromatic N) is 1. The highest BCUT2D eigenvalue weighted by Crippen LogP contribution is 2.73. The van der Waals surface area contributed by atoms with E-state index in [0.717, 1.165) is 0 Å². The lowest BCUT2D eigenvalue weighted by atomic mass is 9.58. The summed E-state index contributed by atoms with van der Waals surface area (Å²) in [6.07, 6.45) is 0.381. The van der Waals surface area contributed by atoms with Gasteiger partial charge in [-0.2, -0.15) is 0 Å². The van der Waals surface area contributed by atoms with Crippen LogP contribution in [0.2, 0.25) is 18.1 Å². The molecule has 2 aliphatic heterocycles. The van der Waals surface area contributed by atoms with Crippen LogP contribution in [0.25, 0.3) is 0 Å². The van der Waals surface area contributed by atoms with Crippen LogP contribution in [0.5, 0.6) is 5.75 Å². The van der Waals surface area contributed by atoms with E-state index in [1.54, 1.807) is 12.2 Å². The molecule has 2 heterocycles. The lowest BCUT2D eigenvalue weighted by molar-refractivity contribution is -0.0768. The van der Waals surface area contributed by atoms with Crippen LogP contribution in [0.1, 0.15) is 33.3 Å². The smallest absolute Gasteiger partial charge is 0.415 e. The van der Waals surface area contributed by atoms with Crippen molar-refractivity contribution in [1.29, 1.82) is 0 Å². The Kier molecular flexibility index (Phi) is 5.45. The van der Waals surface area contributed by atoms with Crippen molar-refractivity contribution < 1.29 is 28.9 Å². The highest BCUT2D eigenvalue weighted by Gasteiger charge is 2.87. The third-order valence-electron chi connectivity index (χ3n) is 8.74. The molecule has 4 aliphatic rings. The van der Waals surface area contributed by atoms with Crippen molar-refractivity contribution in [3.05, 3.63) is 35.9 Å². The average Bonchev–Trinajstić information content (AvgIpc) is 3.53. The molecule has 1 saturated heterocycles. The first-order valence-corrected chi connectivity index (χ1v) is 15.2. The number of amides is 1. The second-order valence-electron chi connectivity index (χ2n) is 11.6. The topological polar surface area (TPSA) is 91.8 Å². The van der Waals surface area contributed by atoms with Crippen molar-refractivity contribution in [3.63, 3.8) is 0 Å². The van der Waals surface area contributed by atoms with Crippen LogP contribution in [0.4, 0.5) is 10.5 Å². The first-order valence-electron chi connectivity index (χ1n) is 12.3. The summed E-state index contributed by atoms with van der Waals surface area (Å²) in [6, 6.07) is 4.84. The van der Waals surface area contributed by atoms with E-state index in [4.69, 9.17) is 13.9 Å². The lowest BCUT2D eigenvalue weighted by Gasteiger charge is -2.49. The summed E-state index contributed by atoms with van der Waals surface area (Å²) in [5.41, 5.74) is -0.900. The molecular formula is C28H33NO6Si. The number of ether oxygens (including phenoxy) is 2. The van der Waals surface area contributed by atoms with Crippen LogP contribution >= 0.6 is 0 Å². The molecule has 5 rings (SSSR count). The Hall–Kier alpha value is -2.75. The number of aliphatic hydroxyl groups excluding tert-OH is 2. The summed E-state index contributed by atoms with van der Waals surface area (Å²) >= 11 is 0. The van der Waals surface area contributed by atoms with Crippen molar-refractivity contribution in [1.82, 2.24) is 0 Å². The van der Waals surface area contributed by atoms with Gasteiger partial charge >= 0.3 is 6.09 Å². The number of rotatable bonds is 2. The molecule has 36 heavy (non-hydrogen) atoms. The van der Waals surface area contributed by atoms with Gasteiger partial charge in [-0.15, -0.1) is 0 Å². The van der Waals surface area contributed by atoms with E-state index >= 15 is 0 Å². The molecule has 0 aromatic heterocycles. The third-order valence-corrected chi connectivity index (χ3v) is 13.1. The van der Waals surface area contributed by atoms with Gasteiger partial charge < -0.3 is 24.1 Å². The predicted molar refractivity (Wildman–Crippen MR) is 138 cm³/mol. The van der Waals surface area contributed by atoms with Crippen LogP contribution in [0, 0.1) is 35.5 Å². The van der Waals surface area contributed by atoms with Crippen LogP contribution in [0.3, 0.4) is 0 Å². The molecule has 7 nitrogen and oxygen atoms in total. The van der Waals surface area contributed by atoms with Crippen molar-refractivity contribution in [2.45, 2.75) is 75.3 Å². The number of epoxide rings is 1. The fourth-order valence-corrected chi connectivity index (χ4v) is 6.80. The Bertz CT molecular complexity index is 1280. The van der Waals surface area contributed by atoms with Crippen molar-refractivity contribution in [3.8, 4) is 29.4 Å². The van der Waals surface area contributed by atoms with Gasteiger partial charge in [-0.3, -0.25) is 4.90 Å². The number of hydrogen-bond acceptors (Lipinski definition) is 6. The van der Waals surface area contributed by atoms with E-state index in [9.17, 15) is 15.0 Å². The van der Waals surface area contributed by atoms with E-state index in [-0.39, 0.29) is 5.04 Å². The zero-order valence-electron chi connectivity index (χ0n) is 21.7. The average molecular weight is 508 g/mol. The zero-order valence-corrected chi connectivity index (χ0v) is 22.7. The molecule has 0 radical (unpaired) electrons. The van der Waals surface area contributed by atoms with E-state index in [1.807, 2.05) is 25.1 Å². The molecule has 4 bridgehead atoms. The molecule has 0 unspecified atom stereocenters. The van der Waals surface area contributed by atoms with E-state index in [0.29, 0.717) is 17.0 Å². The van der Waals surface area contributed by atoms with Gasteiger partial charge in [0, 0.05) is 11.5 Å². The van der Waals surface area contributed by atoms with E-state index in [2.05, 4.69) is 57.5 Å². The monoisotopic (exact) mass is 507 g/mol. The van der Waals surface area contributed by atoms with Gasteiger partial charge in [-0.05, 0) is 48.5 Å². The van der Waals surface area contributed by atoms with Gasteiger partial charge in [0.2, 0.25) is 8.32 Å². The highest BCUT2D eigenvalue weighted by molar-refractivity contribution is 6.74. The molecule has 1 aromatic carbocycles. The van der Waals surface area contributed by atoms with Gasteiger partial charge in [0.05, 0.1) is 30.9 Å². The van der Waals surface area contributed by atoms with Gasteiger partial charge in [-0.25, -0.2) is 4.79 Å². The summed E-state index contributed by atoms with van der Waals surface area (Å²) in [7, 11) is -0.846. The summed E-state index contributed by atoms with van der Waals surface area (Å²) in [5, 5.41) is 22.3. The van der Waals surface area contributed by atoms with Gasteiger partial charge in [0.1, 0.15) is 23.0 Å². The van der Waals surface area contributed by atoms with Gasteiger partial charge in [0.15, 0.2) is 0 Å². The maximum atomic E-state index is 13.2. The van der Waals surface area contributed by atoms with Gasteiger partial charge in [-0.1, -0.05) is 51.4 Å². The molecule has 2 fully saturated rings. The number of hydrogen-bond donors (Lipinski definition) is 2. The number of anilines is 1. The minimum atomic E-state index is -2.17. The Balaban J connectivity index is 1.78. The summed E-state index contributed by atoms with van der Waals surface area (Å²) in [6.45, 7) is 12.7. The quantitative estimate of drug-likeness (QED) is 0.361. The summed E-state index contributed by atoms with van der Waals surface area (Å²) in [5.74, 6) is 11.6. The SMILES string of the molecule is COC(=O)N1c2ccc(O[Si](C)(C)C(C)(C)C)cc2[C@@]23O[C@@]24[C@@H]1C#C/C=C\C#C[C@H]3[C@@H](O)[C@@H](O)[C@@H]4C.